The quantitative estimate of drug-likeness (QED) is 0.194. The van der Waals surface area contributed by atoms with Gasteiger partial charge in [-0.25, -0.2) is 4.79 Å². The highest BCUT2D eigenvalue weighted by Crippen LogP contribution is 2.21. The summed E-state index contributed by atoms with van der Waals surface area (Å²) in [5.74, 6) is -0.451. The summed E-state index contributed by atoms with van der Waals surface area (Å²) in [6, 6.07) is 11.8. The number of ketones is 1. The number of carbonyl (C=O) groups is 1. The summed E-state index contributed by atoms with van der Waals surface area (Å²) in [6.45, 7) is 6.63. The van der Waals surface area contributed by atoms with E-state index in [-0.39, 0.29) is 41.2 Å². The zero-order chi connectivity index (χ0) is 22.7. The molecule has 4 rings (SSSR count). The molecule has 1 aliphatic rings. The third-order valence-electron chi connectivity index (χ3n) is 5.98. The van der Waals surface area contributed by atoms with E-state index < -0.39 is 5.76 Å². The van der Waals surface area contributed by atoms with Gasteiger partial charge in [0.2, 0.25) is 0 Å². The maximum absolute atomic E-state index is 12.2. The van der Waals surface area contributed by atoms with Crippen molar-refractivity contribution in [2.45, 2.75) is 26.3 Å². The van der Waals surface area contributed by atoms with Gasteiger partial charge in [0.1, 0.15) is 0 Å². The Kier molecular flexibility index (Phi) is 9.66. The number of anilines is 1. The fraction of sp³-hybridized carbons (Fsp3) is 0.391. The van der Waals surface area contributed by atoms with E-state index >= 15 is 0 Å². The lowest BCUT2D eigenvalue weighted by atomic mass is 10.1. The molecule has 11 heteroatoms. The number of unbranched alkanes of at least 4 members (excludes halogenated alkanes) is 1. The lowest BCUT2D eigenvalue weighted by Gasteiger charge is -2.36. The van der Waals surface area contributed by atoms with Gasteiger partial charge in [0.25, 0.3) is 5.69 Å². The van der Waals surface area contributed by atoms with Crippen molar-refractivity contribution in [2.24, 2.45) is 0 Å². The van der Waals surface area contributed by atoms with Crippen molar-refractivity contribution in [3.63, 3.8) is 0 Å². The molecular formula is C23H28Cl2N4O5. The summed E-state index contributed by atoms with van der Waals surface area (Å²) in [5.41, 5.74) is 2.82. The van der Waals surface area contributed by atoms with Gasteiger partial charge in [0.15, 0.2) is 11.4 Å². The van der Waals surface area contributed by atoms with Crippen LogP contribution in [0.2, 0.25) is 0 Å². The van der Waals surface area contributed by atoms with Gasteiger partial charge in [-0.15, -0.1) is 24.8 Å². The Bertz CT molecular complexity index is 1180. The van der Waals surface area contributed by atoms with Crippen LogP contribution >= 0.6 is 24.8 Å². The van der Waals surface area contributed by atoms with Gasteiger partial charge in [0.05, 0.1) is 10.4 Å². The van der Waals surface area contributed by atoms with Crippen LogP contribution in [0, 0.1) is 10.1 Å². The number of benzene rings is 2. The van der Waals surface area contributed by atoms with Crippen LogP contribution in [0.5, 0.6) is 0 Å². The van der Waals surface area contributed by atoms with Crippen molar-refractivity contribution >= 4 is 53.1 Å². The number of aromatic nitrogens is 1. The van der Waals surface area contributed by atoms with Crippen LogP contribution in [-0.2, 0) is 6.54 Å². The first-order valence-electron chi connectivity index (χ1n) is 10.8. The van der Waals surface area contributed by atoms with Gasteiger partial charge in [-0.1, -0.05) is 0 Å². The Morgan fingerprint density at radius 3 is 2.26 bits per heavy atom. The zero-order valence-electron chi connectivity index (χ0n) is 18.8. The Hall–Kier alpha value is -2.88. The van der Waals surface area contributed by atoms with Gasteiger partial charge in [0, 0.05) is 56.1 Å². The molecule has 1 fully saturated rings. The number of piperazine rings is 1. The summed E-state index contributed by atoms with van der Waals surface area (Å²) >= 11 is 0. The van der Waals surface area contributed by atoms with Gasteiger partial charge in [-0.3, -0.25) is 24.4 Å². The molecule has 0 aliphatic carbocycles. The molecule has 0 N–H and O–H groups in total. The maximum Gasteiger partial charge on any atom is 0.419 e. The van der Waals surface area contributed by atoms with E-state index in [1.165, 1.54) is 6.92 Å². The number of non-ortho nitro benzene ring substituents is 1. The van der Waals surface area contributed by atoms with Crippen molar-refractivity contribution in [2.75, 3.05) is 37.6 Å². The molecule has 1 aromatic heterocycles. The van der Waals surface area contributed by atoms with E-state index in [4.69, 9.17) is 4.42 Å². The van der Waals surface area contributed by atoms with Crippen LogP contribution in [-0.4, -0.2) is 52.9 Å². The molecule has 34 heavy (non-hydrogen) atoms. The molecule has 0 atom stereocenters. The van der Waals surface area contributed by atoms with Crippen LogP contribution in [0.4, 0.5) is 11.4 Å². The van der Waals surface area contributed by atoms with Crippen molar-refractivity contribution < 1.29 is 14.1 Å². The number of hydrogen-bond acceptors (Lipinski definition) is 7. The second-order valence-electron chi connectivity index (χ2n) is 8.07. The number of nitrogens with zero attached hydrogens (tertiary/aromatic N) is 4. The Morgan fingerprint density at radius 2 is 1.65 bits per heavy atom. The number of nitro benzene ring substituents is 1. The molecule has 184 valence electrons. The number of fused-ring (bicyclic) bond motifs is 1. The highest BCUT2D eigenvalue weighted by atomic mass is 35.5. The van der Waals surface area contributed by atoms with Crippen LogP contribution < -0.4 is 10.7 Å². The fourth-order valence-electron chi connectivity index (χ4n) is 4.12. The first kappa shape index (κ1) is 27.4. The molecule has 0 amide bonds. The van der Waals surface area contributed by atoms with Gasteiger partial charge >= 0.3 is 5.76 Å². The predicted molar refractivity (Wildman–Crippen MR) is 136 cm³/mol. The van der Waals surface area contributed by atoms with Crippen molar-refractivity contribution in [3.8, 4) is 0 Å². The molecule has 2 aromatic carbocycles. The molecule has 1 saturated heterocycles. The molecule has 9 nitrogen and oxygen atoms in total. The number of hydrogen-bond donors (Lipinski definition) is 0. The normalized spacial score (nSPS) is 13.9. The van der Waals surface area contributed by atoms with E-state index in [0.29, 0.717) is 17.7 Å². The summed E-state index contributed by atoms with van der Waals surface area (Å²) in [5, 5.41) is 10.8. The number of rotatable bonds is 8. The van der Waals surface area contributed by atoms with Crippen LogP contribution in [0.1, 0.15) is 30.1 Å². The third kappa shape index (κ3) is 6.16. The van der Waals surface area contributed by atoms with Gasteiger partial charge < -0.3 is 9.32 Å². The summed E-state index contributed by atoms with van der Waals surface area (Å²) in [4.78, 5) is 38.8. The average Bonchev–Trinajstić information content (AvgIpc) is 3.11. The summed E-state index contributed by atoms with van der Waals surface area (Å²) in [6.07, 6.45) is 1.81. The van der Waals surface area contributed by atoms with Crippen molar-refractivity contribution in [3.05, 3.63) is 68.7 Å². The number of aryl methyl sites for hydroxylation is 1. The van der Waals surface area contributed by atoms with Gasteiger partial charge in [-0.05, 0) is 56.6 Å². The molecule has 0 saturated carbocycles. The first-order chi connectivity index (χ1) is 15.4. The predicted octanol–water partition coefficient (Wildman–Crippen LogP) is 4.15. The topological polar surface area (TPSA) is 102 Å². The van der Waals surface area contributed by atoms with Crippen molar-refractivity contribution in [1.82, 2.24) is 9.47 Å². The van der Waals surface area contributed by atoms with E-state index in [1.54, 1.807) is 47.0 Å². The van der Waals surface area contributed by atoms with Crippen LogP contribution in [0.15, 0.2) is 51.7 Å². The maximum atomic E-state index is 12.2. The standard InChI is InChI=1S/C23H26N4O5.2ClH/c1-17(28)18-4-9-21-22(16-18)32-23(29)26(21)11-3-2-10-24-12-14-25(15-13-24)19-5-7-20(8-6-19)27(30)31;;/h4-9,16H,2-3,10-15H2,1H3;2*1H. The molecule has 2 heterocycles. The molecular weight excluding hydrogens is 483 g/mol. The van der Waals surface area contributed by atoms with Crippen LogP contribution in [0.3, 0.4) is 0 Å². The number of oxazole rings is 1. The smallest absolute Gasteiger partial charge is 0.408 e. The molecule has 1 aliphatic heterocycles. The highest BCUT2D eigenvalue weighted by Gasteiger charge is 2.18. The van der Waals surface area contributed by atoms with Crippen LogP contribution in [0.25, 0.3) is 11.1 Å². The molecule has 0 bridgehead atoms. The lowest BCUT2D eigenvalue weighted by Crippen LogP contribution is -2.46. The van der Waals surface area contributed by atoms with Crippen molar-refractivity contribution in [1.29, 1.82) is 0 Å². The van der Waals surface area contributed by atoms with E-state index in [1.807, 2.05) is 0 Å². The number of carbonyl (C=O) groups excluding carboxylic acids is 1. The lowest BCUT2D eigenvalue weighted by molar-refractivity contribution is -0.384. The summed E-state index contributed by atoms with van der Waals surface area (Å²) < 4.78 is 6.94. The average molecular weight is 511 g/mol. The third-order valence-corrected chi connectivity index (χ3v) is 5.98. The SMILES string of the molecule is CC(=O)c1ccc2c(c1)oc(=O)n2CCCCN1CCN(c2ccc([N+](=O)[O-])cc2)CC1.Cl.Cl. The Labute approximate surface area is 209 Å². The minimum Gasteiger partial charge on any atom is -0.408 e. The number of Topliss-reactive ketones (excluding diaryl/α,β-unsaturated/α-hetero) is 1. The monoisotopic (exact) mass is 510 g/mol. The Balaban J connectivity index is 0.00000204. The first-order valence-corrected chi connectivity index (χ1v) is 10.8. The van der Waals surface area contributed by atoms with Gasteiger partial charge in [-0.2, -0.15) is 0 Å². The van der Waals surface area contributed by atoms with E-state index in [0.717, 1.165) is 56.8 Å². The molecule has 3 aromatic rings. The highest BCUT2D eigenvalue weighted by molar-refractivity contribution is 5.96. The van der Waals surface area contributed by atoms with E-state index in [2.05, 4.69) is 9.80 Å². The molecule has 0 spiro atoms. The number of nitro groups is 1. The molecule has 0 radical (unpaired) electrons. The zero-order valence-corrected chi connectivity index (χ0v) is 20.5. The second-order valence-corrected chi connectivity index (χ2v) is 8.07. The Morgan fingerprint density at radius 1 is 1.00 bits per heavy atom. The van der Waals surface area contributed by atoms with E-state index in [9.17, 15) is 19.7 Å². The largest absolute Gasteiger partial charge is 0.419 e. The molecule has 0 unspecified atom stereocenters. The fourth-order valence-corrected chi connectivity index (χ4v) is 4.12. The summed E-state index contributed by atoms with van der Waals surface area (Å²) in [7, 11) is 0. The minimum atomic E-state index is -0.391. The second kappa shape index (κ2) is 12.0. The number of halogens is 2. The minimum absolute atomic E-state index is 0.